The third-order valence-corrected chi connectivity index (χ3v) is 5.86. The van der Waals surface area contributed by atoms with E-state index in [9.17, 15) is 4.79 Å². The first-order valence-electron chi connectivity index (χ1n) is 8.87. The van der Waals surface area contributed by atoms with E-state index in [1.807, 2.05) is 39.0 Å². The number of amides is 1. The third kappa shape index (κ3) is 4.09. The van der Waals surface area contributed by atoms with Crippen LogP contribution >= 0.6 is 11.3 Å². The molecule has 5 nitrogen and oxygen atoms in total. The molecule has 2 heterocycles. The van der Waals surface area contributed by atoms with Crippen LogP contribution in [0.2, 0.25) is 0 Å². The average molecular weight is 380 g/mol. The quantitative estimate of drug-likeness (QED) is 0.878. The smallest absolute Gasteiger partial charge is 0.225 e. The topological polar surface area (TPSA) is 54.5 Å². The van der Waals surface area contributed by atoms with Gasteiger partial charge in [0, 0.05) is 37.4 Å². The van der Waals surface area contributed by atoms with Crippen LogP contribution in [0.15, 0.2) is 18.2 Å². The van der Waals surface area contributed by atoms with Crippen molar-refractivity contribution in [2.75, 3.05) is 31.6 Å². The minimum atomic E-state index is -1.35. The summed E-state index contributed by atoms with van der Waals surface area (Å²) in [5.74, 6) is 0.669. The van der Waals surface area contributed by atoms with E-state index in [-0.39, 0.29) is 12.5 Å². The van der Waals surface area contributed by atoms with E-state index in [0.717, 1.165) is 21.1 Å². The van der Waals surface area contributed by atoms with E-state index < -0.39 is 11.1 Å². The number of thiazole rings is 1. The predicted molar refractivity (Wildman–Crippen MR) is 104 cm³/mol. The van der Waals surface area contributed by atoms with E-state index in [1.54, 1.807) is 18.4 Å². The number of halogens is 1. The predicted octanol–water partition coefficient (Wildman–Crippen LogP) is 3.78. The molecule has 0 unspecified atom stereocenters. The molecule has 7 heteroatoms. The fraction of sp³-hybridized carbons (Fsp3) is 0.579. The van der Waals surface area contributed by atoms with Crippen LogP contribution in [0.5, 0.6) is 5.75 Å². The zero-order valence-corrected chi connectivity index (χ0v) is 16.6. The summed E-state index contributed by atoms with van der Waals surface area (Å²) in [5.41, 5.74) is -0.949. The number of piperidine rings is 1. The number of benzene rings is 1. The third-order valence-electron chi connectivity index (χ3n) is 4.76. The SMILES string of the molecule is COc1ccc2sc(N3CCC(F)(CNC(=O)C(C)(C)C)CC3)nc2c1. The van der Waals surface area contributed by atoms with Crippen molar-refractivity contribution in [3.63, 3.8) is 0 Å². The minimum Gasteiger partial charge on any atom is -0.497 e. The van der Waals surface area contributed by atoms with Gasteiger partial charge in [0.05, 0.1) is 23.9 Å². The van der Waals surface area contributed by atoms with Crippen molar-refractivity contribution in [2.45, 2.75) is 39.3 Å². The number of rotatable bonds is 4. The summed E-state index contributed by atoms with van der Waals surface area (Å²) in [7, 11) is 1.64. The lowest BCUT2D eigenvalue weighted by Crippen LogP contribution is -2.49. The van der Waals surface area contributed by atoms with Gasteiger partial charge in [-0.1, -0.05) is 32.1 Å². The second-order valence-electron chi connectivity index (χ2n) is 7.90. The molecule has 0 bridgehead atoms. The summed E-state index contributed by atoms with van der Waals surface area (Å²) in [6.07, 6.45) is 0.771. The Morgan fingerprint density at radius 1 is 1.38 bits per heavy atom. The fourth-order valence-electron chi connectivity index (χ4n) is 2.94. The van der Waals surface area contributed by atoms with Gasteiger partial charge in [0.2, 0.25) is 5.91 Å². The highest BCUT2D eigenvalue weighted by Gasteiger charge is 2.36. The zero-order valence-electron chi connectivity index (χ0n) is 15.8. The normalized spacial score (nSPS) is 17.3. The average Bonchev–Trinajstić information content (AvgIpc) is 3.02. The fourth-order valence-corrected chi connectivity index (χ4v) is 3.93. The van der Waals surface area contributed by atoms with Crippen LogP contribution in [0, 0.1) is 5.41 Å². The monoisotopic (exact) mass is 379 g/mol. The summed E-state index contributed by atoms with van der Waals surface area (Å²) < 4.78 is 21.4. The lowest BCUT2D eigenvalue weighted by atomic mass is 9.91. The Bertz CT molecular complexity index is 792. The van der Waals surface area contributed by atoms with Crippen LogP contribution < -0.4 is 15.0 Å². The molecule has 0 saturated carbocycles. The second kappa shape index (κ2) is 7.02. The highest BCUT2D eigenvalue weighted by molar-refractivity contribution is 7.22. The number of anilines is 1. The summed E-state index contributed by atoms with van der Waals surface area (Å²) in [4.78, 5) is 18.8. The zero-order chi connectivity index (χ0) is 18.9. The molecule has 0 spiro atoms. The standard InChI is InChI=1S/C19H26FN3O2S/c1-18(2,3)16(24)21-12-19(20)7-9-23(10-8-19)17-22-14-11-13(25-4)5-6-15(14)26-17/h5-6,11H,7-10,12H2,1-4H3,(H,21,24). The number of nitrogens with one attached hydrogen (secondary N) is 1. The van der Waals surface area contributed by atoms with Crippen molar-refractivity contribution in [1.29, 1.82) is 0 Å². The van der Waals surface area contributed by atoms with Crippen molar-refractivity contribution in [3.05, 3.63) is 18.2 Å². The van der Waals surface area contributed by atoms with Crippen LogP contribution in [0.25, 0.3) is 10.2 Å². The van der Waals surface area contributed by atoms with Crippen molar-refractivity contribution in [2.24, 2.45) is 5.41 Å². The number of nitrogens with zero attached hydrogens (tertiary/aromatic N) is 2. The molecule has 1 aromatic carbocycles. The molecule has 0 radical (unpaired) electrons. The molecule has 0 aliphatic carbocycles. The van der Waals surface area contributed by atoms with Crippen molar-refractivity contribution in [1.82, 2.24) is 10.3 Å². The molecule has 2 aromatic rings. The minimum absolute atomic E-state index is 0.0774. The Morgan fingerprint density at radius 2 is 2.08 bits per heavy atom. The van der Waals surface area contributed by atoms with Gasteiger partial charge in [-0.05, 0) is 12.1 Å². The van der Waals surface area contributed by atoms with E-state index in [1.165, 1.54) is 0 Å². The first-order valence-corrected chi connectivity index (χ1v) is 9.69. The molecule has 3 rings (SSSR count). The molecule has 0 atom stereocenters. The molecule has 26 heavy (non-hydrogen) atoms. The maximum Gasteiger partial charge on any atom is 0.225 e. The van der Waals surface area contributed by atoms with Gasteiger partial charge in [-0.3, -0.25) is 4.79 Å². The van der Waals surface area contributed by atoms with Gasteiger partial charge in [-0.15, -0.1) is 0 Å². The number of hydrogen-bond acceptors (Lipinski definition) is 5. The lowest BCUT2D eigenvalue weighted by molar-refractivity contribution is -0.129. The number of ether oxygens (including phenoxy) is 1. The Kier molecular flexibility index (Phi) is 5.10. The molecule has 1 amide bonds. The van der Waals surface area contributed by atoms with Crippen LogP contribution in [0.3, 0.4) is 0 Å². The van der Waals surface area contributed by atoms with E-state index in [4.69, 9.17) is 4.74 Å². The van der Waals surface area contributed by atoms with Crippen LogP contribution in [-0.2, 0) is 4.79 Å². The first-order chi connectivity index (χ1) is 12.2. The van der Waals surface area contributed by atoms with Gasteiger partial charge in [-0.25, -0.2) is 9.37 Å². The Labute approximate surface area is 157 Å². The number of fused-ring (bicyclic) bond motifs is 1. The molecular formula is C19H26FN3O2S. The molecule has 1 aliphatic rings. The van der Waals surface area contributed by atoms with Gasteiger partial charge in [-0.2, -0.15) is 0 Å². The molecule has 1 aromatic heterocycles. The van der Waals surface area contributed by atoms with E-state index >= 15 is 4.39 Å². The maximum atomic E-state index is 15.0. The molecule has 1 N–H and O–H groups in total. The van der Waals surface area contributed by atoms with Gasteiger partial charge in [0.15, 0.2) is 5.13 Å². The lowest BCUT2D eigenvalue weighted by Gasteiger charge is -2.36. The summed E-state index contributed by atoms with van der Waals surface area (Å²) in [5, 5.41) is 3.67. The highest BCUT2D eigenvalue weighted by Crippen LogP contribution is 2.35. The second-order valence-corrected chi connectivity index (χ2v) is 8.91. The number of methoxy groups -OCH3 is 1. The van der Waals surface area contributed by atoms with Crippen molar-refractivity contribution in [3.8, 4) is 5.75 Å². The molecule has 1 saturated heterocycles. The molecule has 1 aliphatic heterocycles. The summed E-state index contributed by atoms with van der Waals surface area (Å²) >= 11 is 1.61. The number of hydrogen-bond donors (Lipinski definition) is 1. The van der Waals surface area contributed by atoms with E-state index in [0.29, 0.717) is 25.9 Å². The number of carbonyl (C=O) groups is 1. The molecular weight excluding hydrogens is 353 g/mol. The first kappa shape index (κ1) is 18.9. The summed E-state index contributed by atoms with van der Waals surface area (Å²) in [6, 6.07) is 5.84. The van der Waals surface area contributed by atoms with Gasteiger partial charge >= 0.3 is 0 Å². The summed E-state index contributed by atoms with van der Waals surface area (Å²) in [6.45, 7) is 6.76. The Morgan fingerprint density at radius 3 is 2.69 bits per heavy atom. The van der Waals surface area contributed by atoms with Crippen molar-refractivity contribution < 1.29 is 13.9 Å². The van der Waals surface area contributed by atoms with Crippen LogP contribution in [0.4, 0.5) is 9.52 Å². The number of aromatic nitrogens is 1. The highest BCUT2D eigenvalue weighted by atomic mass is 32.1. The largest absolute Gasteiger partial charge is 0.497 e. The maximum absolute atomic E-state index is 15.0. The molecule has 1 fully saturated rings. The Balaban J connectivity index is 1.62. The van der Waals surface area contributed by atoms with Crippen molar-refractivity contribution >= 4 is 32.6 Å². The Hall–Kier alpha value is -1.89. The van der Waals surface area contributed by atoms with E-state index in [2.05, 4.69) is 15.2 Å². The van der Waals surface area contributed by atoms with Crippen LogP contribution in [0.1, 0.15) is 33.6 Å². The van der Waals surface area contributed by atoms with Gasteiger partial charge in [0.1, 0.15) is 11.4 Å². The van der Waals surface area contributed by atoms with Gasteiger partial charge < -0.3 is 15.0 Å². The molecule has 142 valence electrons. The number of carbonyl (C=O) groups excluding carboxylic acids is 1. The number of alkyl halides is 1. The van der Waals surface area contributed by atoms with Gasteiger partial charge in [0.25, 0.3) is 0 Å². The van der Waals surface area contributed by atoms with Crippen LogP contribution in [-0.4, -0.2) is 43.3 Å².